The molecule has 0 unspecified atom stereocenters. The fourth-order valence-electron chi connectivity index (χ4n) is 1.78. The third kappa shape index (κ3) is 3.72. The number of ether oxygens (including phenoxy) is 1. The Bertz CT molecular complexity index is 384. The topological polar surface area (TPSA) is 55.5 Å². The van der Waals surface area contributed by atoms with Crippen LogP contribution in [0.1, 0.15) is 50.8 Å². The number of aryl methyl sites for hydroxylation is 1. The fourth-order valence-corrected chi connectivity index (χ4v) is 1.78. The summed E-state index contributed by atoms with van der Waals surface area (Å²) in [7, 11) is 0. The van der Waals surface area contributed by atoms with Crippen molar-refractivity contribution in [3.63, 3.8) is 0 Å². The summed E-state index contributed by atoms with van der Waals surface area (Å²) in [5, 5.41) is 10.2. The summed E-state index contributed by atoms with van der Waals surface area (Å²) in [6.07, 6.45) is 1.39. The Morgan fingerprint density at radius 3 is 2.39 bits per heavy atom. The van der Waals surface area contributed by atoms with E-state index in [1.54, 1.807) is 0 Å². The van der Waals surface area contributed by atoms with E-state index in [1.807, 2.05) is 45.9 Å². The predicted molar refractivity (Wildman–Crippen MR) is 74.8 cm³/mol. The van der Waals surface area contributed by atoms with Gasteiger partial charge in [-0.1, -0.05) is 26.0 Å². The molecule has 0 spiro atoms. The highest BCUT2D eigenvalue weighted by Crippen LogP contribution is 2.24. The Labute approximate surface area is 110 Å². The van der Waals surface area contributed by atoms with E-state index in [4.69, 9.17) is 10.5 Å². The predicted octanol–water partition coefficient (Wildman–Crippen LogP) is 2.94. The first-order valence-electron chi connectivity index (χ1n) is 6.63. The van der Waals surface area contributed by atoms with Gasteiger partial charge in [-0.15, -0.1) is 0 Å². The molecule has 0 bridgehead atoms. The molecule has 0 radical (unpaired) electrons. The van der Waals surface area contributed by atoms with Gasteiger partial charge in [0, 0.05) is 6.04 Å². The van der Waals surface area contributed by atoms with Crippen molar-refractivity contribution >= 4 is 0 Å². The molecule has 0 fully saturated rings. The number of nitrogens with two attached hydrogens (primary N) is 1. The fraction of sp³-hybridized carbons (Fsp3) is 0.600. The maximum Gasteiger partial charge on any atom is 0.122 e. The average Bonchev–Trinajstić information content (AvgIpc) is 2.36. The minimum absolute atomic E-state index is 0.0287. The number of hydrogen-bond acceptors (Lipinski definition) is 3. The van der Waals surface area contributed by atoms with Crippen LogP contribution in [0.5, 0.6) is 5.75 Å². The van der Waals surface area contributed by atoms with Gasteiger partial charge >= 0.3 is 0 Å². The van der Waals surface area contributed by atoms with Gasteiger partial charge in [0.15, 0.2) is 0 Å². The Kier molecular flexibility index (Phi) is 5.17. The Morgan fingerprint density at radius 2 is 1.94 bits per heavy atom. The van der Waals surface area contributed by atoms with Gasteiger partial charge in [-0.25, -0.2) is 0 Å². The van der Waals surface area contributed by atoms with E-state index in [2.05, 4.69) is 0 Å². The average molecular weight is 251 g/mol. The standard InChI is InChI=1S/C15H25NO2/c1-5-15(17,6-2)10-18-14-8-7-13(12(4)16)9-11(14)3/h7-9,12,17H,5-6,10,16H2,1-4H3/t12-/m0/s1. The summed E-state index contributed by atoms with van der Waals surface area (Å²) < 4.78 is 5.73. The molecule has 0 saturated heterocycles. The van der Waals surface area contributed by atoms with Crippen LogP contribution in [0.2, 0.25) is 0 Å². The minimum Gasteiger partial charge on any atom is -0.490 e. The normalized spacial score (nSPS) is 13.4. The van der Waals surface area contributed by atoms with Gasteiger partial charge < -0.3 is 15.6 Å². The quantitative estimate of drug-likeness (QED) is 0.817. The highest BCUT2D eigenvalue weighted by Gasteiger charge is 2.23. The van der Waals surface area contributed by atoms with Crippen molar-refractivity contribution in [2.24, 2.45) is 5.73 Å². The van der Waals surface area contributed by atoms with Crippen LogP contribution in [0.4, 0.5) is 0 Å². The summed E-state index contributed by atoms with van der Waals surface area (Å²) in [6, 6.07) is 5.97. The van der Waals surface area contributed by atoms with E-state index in [9.17, 15) is 5.11 Å². The lowest BCUT2D eigenvalue weighted by Gasteiger charge is -2.25. The van der Waals surface area contributed by atoms with Gasteiger partial charge in [0.05, 0.1) is 5.60 Å². The van der Waals surface area contributed by atoms with E-state index in [-0.39, 0.29) is 6.04 Å². The second-order valence-corrected chi connectivity index (χ2v) is 5.03. The lowest BCUT2D eigenvalue weighted by Crippen LogP contribution is -2.34. The molecule has 0 saturated carbocycles. The molecule has 0 aliphatic rings. The van der Waals surface area contributed by atoms with Crippen molar-refractivity contribution in [2.75, 3.05) is 6.61 Å². The molecule has 1 rings (SSSR count). The number of rotatable bonds is 6. The molecule has 102 valence electrons. The molecule has 3 N–H and O–H groups in total. The van der Waals surface area contributed by atoms with E-state index in [0.717, 1.165) is 16.9 Å². The molecule has 1 aromatic rings. The first-order valence-corrected chi connectivity index (χ1v) is 6.63. The van der Waals surface area contributed by atoms with Crippen LogP contribution >= 0.6 is 0 Å². The smallest absolute Gasteiger partial charge is 0.122 e. The van der Waals surface area contributed by atoms with Crippen LogP contribution in [0, 0.1) is 6.92 Å². The van der Waals surface area contributed by atoms with E-state index in [1.165, 1.54) is 0 Å². The third-order valence-corrected chi connectivity index (χ3v) is 3.54. The SMILES string of the molecule is CCC(O)(CC)COc1ccc([C@H](C)N)cc1C. The summed E-state index contributed by atoms with van der Waals surface area (Å²) >= 11 is 0. The van der Waals surface area contributed by atoms with Gasteiger partial charge in [0.1, 0.15) is 12.4 Å². The molecule has 1 aromatic carbocycles. The molecular formula is C15H25NO2. The van der Waals surface area contributed by atoms with Crippen LogP contribution < -0.4 is 10.5 Å². The van der Waals surface area contributed by atoms with Crippen LogP contribution in [0.3, 0.4) is 0 Å². The number of benzene rings is 1. The lowest BCUT2D eigenvalue weighted by molar-refractivity contribution is -0.0115. The van der Waals surface area contributed by atoms with Crippen LogP contribution in [-0.2, 0) is 0 Å². The zero-order chi connectivity index (χ0) is 13.8. The first-order chi connectivity index (χ1) is 8.41. The molecule has 18 heavy (non-hydrogen) atoms. The monoisotopic (exact) mass is 251 g/mol. The molecular weight excluding hydrogens is 226 g/mol. The molecule has 0 aliphatic heterocycles. The Morgan fingerprint density at radius 1 is 1.33 bits per heavy atom. The zero-order valence-corrected chi connectivity index (χ0v) is 11.9. The molecule has 0 heterocycles. The van der Waals surface area contributed by atoms with Gasteiger partial charge in [0.25, 0.3) is 0 Å². The second kappa shape index (κ2) is 6.21. The van der Waals surface area contributed by atoms with E-state index < -0.39 is 5.60 Å². The van der Waals surface area contributed by atoms with Crippen molar-refractivity contribution in [1.82, 2.24) is 0 Å². The largest absolute Gasteiger partial charge is 0.490 e. The Balaban J connectivity index is 2.74. The summed E-state index contributed by atoms with van der Waals surface area (Å²) in [6.45, 7) is 8.23. The maximum absolute atomic E-state index is 10.2. The van der Waals surface area contributed by atoms with Crippen molar-refractivity contribution < 1.29 is 9.84 Å². The van der Waals surface area contributed by atoms with Crippen molar-refractivity contribution in [2.45, 2.75) is 52.2 Å². The van der Waals surface area contributed by atoms with Crippen LogP contribution in [0.15, 0.2) is 18.2 Å². The maximum atomic E-state index is 10.2. The van der Waals surface area contributed by atoms with E-state index >= 15 is 0 Å². The van der Waals surface area contributed by atoms with Crippen LogP contribution in [-0.4, -0.2) is 17.3 Å². The van der Waals surface area contributed by atoms with Gasteiger partial charge in [-0.2, -0.15) is 0 Å². The van der Waals surface area contributed by atoms with Crippen LogP contribution in [0.25, 0.3) is 0 Å². The number of hydrogen-bond donors (Lipinski definition) is 2. The zero-order valence-electron chi connectivity index (χ0n) is 11.9. The molecule has 3 heteroatoms. The van der Waals surface area contributed by atoms with E-state index in [0.29, 0.717) is 19.4 Å². The summed E-state index contributed by atoms with van der Waals surface area (Å²) in [5.74, 6) is 0.819. The summed E-state index contributed by atoms with van der Waals surface area (Å²) in [5.41, 5.74) is 7.26. The molecule has 0 aliphatic carbocycles. The highest BCUT2D eigenvalue weighted by atomic mass is 16.5. The van der Waals surface area contributed by atoms with Gasteiger partial charge in [-0.3, -0.25) is 0 Å². The minimum atomic E-state index is -0.730. The molecule has 0 aromatic heterocycles. The molecule has 1 atom stereocenters. The Hall–Kier alpha value is -1.06. The first kappa shape index (κ1) is 15.0. The number of aliphatic hydroxyl groups is 1. The highest BCUT2D eigenvalue weighted by molar-refractivity contribution is 5.37. The molecule has 0 amide bonds. The van der Waals surface area contributed by atoms with Crippen molar-refractivity contribution in [1.29, 1.82) is 0 Å². The van der Waals surface area contributed by atoms with Crippen molar-refractivity contribution in [3.8, 4) is 5.75 Å². The second-order valence-electron chi connectivity index (χ2n) is 5.03. The lowest BCUT2D eigenvalue weighted by atomic mass is 9.99. The van der Waals surface area contributed by atoms with Gasteiger partial charge in [0.2, 0.25) is 0 Å². The third-order valence-electron chi connectivity index (χ3n) is 3.54. The van der Waals surface area contributed by atoms with Gasteiger partial charge in [-0.05, 0) is 43.9 Å². The summed E-state index contributed by atoms with van der Waals surface area (Å²) in [4.78, 5) is 0. The van der Waals surface area contributed by atoms with Crippen molar-refractivity contribution in [3.05, 3.63) is 29.3 Å². The molecule has 3 nitrogen and oxygen atoms in total.